The molecule has 2 N–H and O–H groups in total. The lowest BCUT2D eigenvalue weighted by molar-refractivity contribution is 0.172. The maximum absolute atomic E-state index is 11.0. The third kappa shape index (κ3) is 4.51. The first-order valence-electron chi connectivity index (χ1n) is 13.0. The summed E-state index contributed by atoms with van der Waals surface area (Å²) in [6.45, 7) is 4.18. The maximum Gasteiger partial charge on any atom is 0.0922 e. The molecule has 3 aromatic carbocycles. The van der Waals surface area contributed by atoms with Crippen LogP contribution in [0.3, 0.4) is 0 Å². The molecule has 0 fully saturated rings. The second-order valence-corrected chi connectivity index (χ2v) is 15.0. The highest BCUT2D eigenvalue weighted by molar-refractivity contribution is 8.00. The standard InChI is InChI=1S/C32H28O2S4/c1-17-3-7-19(8-4-17)11-23(33)27-15-29-31(37-27)21-13-26-22(14-25(21)35-29)32-30(36-26)16-28(38-32)24(34)12-20-9-5-18(2)6-10-20/h3-10,13-15,23-24,28,33-34H,11-12,16H2,1-2H3. The number of aliphatic hydroxyl groups excluding tert-OH is 2. The average molecular weight is 573 g/mol. The van der Waals surface area contributed by atoms with Crippen molar-refractivity contribution in [2.75, 3.05) is 0 Å². The Hall–Kier alpha value is -2.19. The highest BCUT2D eigenvalue weighted by atomic mass is 32.2. The van der Waals surface area contributed by atoms with Crippen molar-refractivity contribution in [1.82, 2.24) is 0 Å². The van der Waals surface area contributed by atoms with Gasteiger partial charge in [0.15, 0.2) is 0 Å². The first kappa shape index (κ1) is 24.8. The van der Waals surface area contributed by atoms with E-state index >= 15 is 0 Å². The number of thiophene rings is 3. The molecule has 3 aromatic heterocycles. The smallest absolute Gasteiger partial charge is 0.0922 e. The highest BCUT2D eigenvalue weighted by Crippen LogP contribution is 2.51. The fraction of sp³-hybridized carbons (Fsp3) is 0.250. The van der Waals surface area contributed by atoms with Gasteiger partial charge < -0.3 is 10.2 Å². The van der Waals surface area contributed by atoms with Gasteiger partial charge in [0.05, 0.1) is 16.9 Å². The summed E-state index contributed by atoms with van der Waals surface area (Å²) in [5.74, 6) is 0. The minimum atomic E-state index is -0.480. The van der Waals surface area contributed by atoms with Crippen LogP contribution in [0, 0.1) is 13.8 Å². The van der Waals surface area contributed by atoms with Crippen LogP contribution in [0.2, 0.25) is 0 Å². The number of aryl methyl sites for hydroxylation is 2. The Bertz CT molecular complexity index is 1770. The van der Waals surface area contributed by atoms with E-state index in [9.17, 15) is 10.2 Å². The first-order valence-corrected chi connectivity index (χ1v) is 16.3. The van der Waals surface area contributed by atoms with Gasteiger partial charge in [-0.25, -0.2) is 0 Å². The summed E-state index contributed by atoms with van der Waals surface area (Å²) >= 11 is 7.31. The van der Waals surface area contributed by atoms with Crippen LogP contribution in [0.25, 0.3) is 29.6 Å². The van der Waals surface area contributed by atoms with E-state index in [1.165, 1.54) is 61.6 Å². The number of rotatable bonds is 6. The molecule has 0 spiro atoms. The van der Waals surface area contributed by atoms with Gasteiger partial charge in [-0.1, -0.05) is 59.7 Å². The van der Waals surface area contributed by atoms with Crippen LogP contribution >= 0.6 is 45.8 Å². The number of hydrogen-bond acceptors (Lipinski definition) is 6. The lowest BCUT2D eigenvalue weighted by Crippen LogP contribution is -2.24. The Morgan fingerprint density at radius 3 is 2.08 bits per heavy atom. The molecule has 7 rings (SSSR count). The van der Waals surface area contributed by atoms with Crippen molar-refractivity contribution in [1.29, 1.82) is 0 Å². The molecule has 0 aliphatic carbocycles. The van der Waals surface area contributed by atoms with Crippen LogP contribution in [0.15, 0.2) is 71.6 Å². The number of thioether (sulfide) groups is 1. The zero-order chi connectivity index (χ0) is 26.0. The summed E-state index contributed by atoms with van der Waals surface area (Å²) in [5, 5.41) is 24.8. The predicted molar refractivity (Wildman–Crippen MR) is 167 cm³/mol. The minimum Gasteiger partial charge on any atom is -0.392 e. The second kappa shape index (κ2) is 9.77. The molecule has 6 aromatic rings. The predicted octanol–water partition coefficient (Wildman–Crippen LogP) is 8.84. The Balaban J connectivity index is 1.13. The number of benzene rings is 3. The van der Waals surface area contributed by atoms with Crippen LogP contribution in [0.1, 0.15) is 38.1 Å². The van der Waals surface area contributed by atoms with E-state index in [4.69, 9.17) is 0 Å². The molecule has 6 heteroatoms. The zero-order valence-electron chi connectivity index (χ0n) is 21.2. The second-order valence-electron chi connectivity index (χ2n) is 10.5. The van der Waals surface area contributed by atoms with E-state index in [0.29, 0.717) is 12.8 Å². The fourth-order valence-electron chi connectivity index (χ4n) is 5.35. The summed E-state index contributed by atoms with van der Waals surface area (Å²) in [5.41, 5.74) is 4.86. The topological polar surface area (TPSA) is 40.5 Å². The lowest BCUT2D eigenvalue weighted by atomic mass is 10.0. The van der Waals surface area contributed by atoms with Crippen molar-refractivity contribution in [3.05, 3.63) is 98.7 Å². The maximum atomic E-state index is 11.0. The first-order chi connectivity index (χ1) is 18.4. The molecule has 0 bridgehead atoms. The average Bonchev–Trinajstić information content (AvgIpc) is 3.65. The number of aliphatic hydroxyl groups is 2. The molecule has 4 heterocycles. The summed E-state index contributed by atoms with van der Waals surface area (Å²) < 4.78 is 5.19. The van der Waals surface area contributed by atoms with E-state index in [1.807, 2.05) is 34.4 Å². The molecule has 1 aliphatic heterocycles. The molecule has 192 valence electrons. The van der Waals surface area contributed by atoms with E-state index in [1.54, 1.807) is 11.3 Å². The third-order valence-electron chi connectivity index (χ3n) is 7.52. The largest absolute Gasteiger partial charge is 0.392 e. The van der Waals surface area contributed by atoms with Crippen molar-refractivity contribution < 1.29 is 10.2 Å². The van der Waals surface area contributed by atoms with Crippen LogP contribution in [-0.2, 0) is 19.3 Å². The summed E-state index contributed by atoms with van der Waals surface area (Å²) in [6, 6.07) is 23.9. The molecule has 38 heavy (non-hydrogen) atoms. The lowest BCUT2D eigenvalue weighted by Gasteiger charge is -2.17. The van der Waals surface area contributed by atoms with E-state index < -0.39 is 6.10 Å². The van der Waals surface area contributed by atoms with E-state index in [-0.39, 0.29) is 11.4 Å². The molecule has 3 atom stereocenters. The quantitative estimate of drug-likeness (QED) is 0.209. The molecule has 2 nitrogen and oxygen atoms in total. The number of hydrogen-bond donors (Lipinski definition) is 2. The third-order valence-corrected chi connectivity index (χ3v) is 12.8. The van der Waals surface area contributed by atoms with Gasteiger partial charge in [-0.2, -0.15) is 0 Å². The molecule has 0 amide bonds. The normalized spacial score (nSPS) is 17.0. The van der Waals surface area contributed by atoms with Crippen molar-refractivity contribution >= 4 is 75.3 Å². The molecule has 0 saturated carbocycles. The van der Waals surface area contributed by atoms with Gasteiger partial charge in [-0.3, -0.25) is 0 Å². The van der Waals surface area contributed by atoms with E-state index in [2.05, 4.69) is 80.6 Å². The van der Waals surface area contributed by atoms with Crippen molar-refractivity contribution in [3.8, 4) is 0 Å². The Kier molecular flexibility index (Phi) is 6.38. The minimum absolute atomic E-state index is 0.210. The van der Waals surface area contributed by atoms with Crippen molar-refractivity contribution in [2.45, 2.75) is 55.5 Å². The van der Waals surface area contributed by atoms with Crippen LogP contribution in [0.4, 0.5) is 0 Å². The van der Waals surface area contributed by atoms with Gasteiger partial charge in [-0.05, 0) is 56.0 Å². The van der Waals surface area contributed by atoms with Gasteiger partial charge in [0.25, 0.3) is 0 Å². The van der Waals surface area contributed by atoms with Gasteiger partial charge in [0.2, 0.25) is 0 Å². The van der Waals surface area contributed by atoms with Crippen molar-refractivity contribution in [2.24, 2.45) is 0 Å². The van der Waals surface area contributed by atoms with Crippen LogP contribution in [-0.4, -0.2) is 21.6 Å². The van der Waals surface area contributed by atoms with Gasteiger partial charge in [-0.15, -0.1) is 45.8 Å². The summed E-state index contributed by atoms with van der Waals surface area (Å²) in [4.78, 5) is 3.82. The van der Waals surface area contributed by atoms with E-state index in [0.717, 1.165) is 11.3 Å². The SMILES string of the molecule is Cc1ccc(CC(O)c2cc3sc4cc5c6c(sc5cc4c3s2)CC(C(O)Cc2ccc(C)cc2)S6)cc1. The zero-order valence-corrected chi connectivity index (χ0v) is 24.5. The molecular formula is C32H28O2S4. The van der Waals surface area contributed by atoms with Crippen LogP contribution in [0.5, 0.6) is 0 Å². The summed E-state index contributed by atoms with van der Waals surface area (Å²) in [6.07, 6.45) is 1.45. The van der Waals surface area contributed by atoms with Gasteiger partial charge in [0.1, 0.15) is 0 Å². The molecule has 1 aliphatic rings. The Morgan fingerprint density at radius 1 is 0.737 bits per heavy atom. The fourth-order valence-corrected chi connectivity index (χ4v) is 10.8. The molecule has 0 radical (unpaired) electrons. The Morgan fingerprint density at radius 2 is 1.37 bits per heavy atom. The Labute approximate surface area is 238 Å². The van der Waals surface area contributed by atoms with Crippen molar-refractivity contribution in [3.63, 3.8) is 0 Å². The molecule has 3 unspecified atom stereocenters. The molecule has 0 saturated heterocycles. The summed E-state index contributed by atoms with van der Waals surface area (Å²) in [7, 11) is 0. The monoisotopic (exact) mass is 572 g/mol. The highest BCUT2D eigenvalue weighted by Gasteiger charge is 2.32. The van der Waals surface area contributed by atoms with Crippen LogP contribution < -0.4 is 0 Å². The van der Waals surface area contributed by atoms with Gasteiger partial charge >= 0.3 is 0 Å². The number of fused-ring (bicyclic) bond motifs is 6. The molecular weight excluding hydrogens is 545 g/mol. The van der Waals surface area contributed by atoms with Gasteiger partial charge in [0, 0.05) is 51.2 Å².